The Morgan fingerprint density at radius 2 is 2.08 bits per heavy atom. The van der Waals surface area contributed by atoms with Gasteiger partial charge in [0.1, 0.15) is 5.58 Å². The van der Waals surface area contributed by atoms with Gasteiger partial charge in [0.05, 0.1) is 4.90 Å². The van der Waals surface area contributed by atoms with Crippen molar-refractivity contribution in [1.82, 2.24) is 9.62 Å². The summed E-state index contributed by atoms with van der Waals surface area (Å²) in [6, 6.07) is 7.49. The van der Waals surface area contributed by atoms with Crippen molar-refractivity contribution in [2.24, 2.45) is 5.92 Å². The summed E-state index contributed by atoms with van der Waals surface area (Å²) in [4.78, 5) is 11.5. The second-order valence-corrected chi connectivity index (χ2v) is 7.82. The zero-order valence-corrected chi connectivity index (χ0v) is 15.0. The Balaban J connectivity index is 0.00000208. The summed E-state index contributed by atoms with van der Waals surface area (Å²) in [6.07, 6.45) is 1.91. The van der Waals surface area contributed by atoms with E-state index < -0.39 is 15.6 Å². The molecule has 1 N–H and O–H groups in total. The van der Waals surface area contributed by atoms with Crippen LogP contribution >= 0.6 is 12.4 Å². The number of halogens is 1. The Morgan fingerprint density at radius 3 is 2.83 bits per heavy atom. The van der Waals surface area contributed by atoms with E-state index >= 15 is 0 Å². The third-order valence-corrected chi connectivity index (χ3v) is 6.06. The van der Waals surface area contributed by atoms with E-state index in [1.54, 1.807) is 22.5 Å². The molecule has 0 aliphatic carbocycles. The Kier molecular flexibility index (Phi) is 6.03. The van der Waals surface area contributed by atoms with Crippen LogP contribution in [0.5, 0.6) is 0 Å². The molecule has 0 saturated carbocycles. The number of sulfonamides is 1. The molecule has 1 aromatic heterocycles. The molecule has 24 heavy (non-hydrogen) atoms. The van der Waals surface area contributed by atoms with E-state index in [-0.39, 0.29) is 17.3 Å². The van der Waals surface area contributed by atoms with Gasteiger partial charge in [0.15, 0.2) is 0 Å². The van der Waals surface area contributed by atoms with Gasteiger partial charge in [0, 0.05) is 24.5 Å². The first-order chi connectivity index (χ1) is 11.0. The number of piperidine rings is 1. The van der Waals surface area contributed by atoms with Crippen LogP contribution in [0.1, 0.15) is 12.8 Å². The fourth-order valence-electron chi connectivity index (χ4n) is 3.06. The lowest BCUT2D eigenvalue weighted by molar-refractivity contribution is 0.263. The molecule has 1 aromatic carbocycles. The standard InChI is InChI=1S/C16H20N2O4S.ClH/c1-17-10-12-3-2-8-18(11-12)23(20,21)14-5-6-15-13(9-14)4-7-16(19)22-15;/h4-7,9,12,17H,2-3,8,10-11H2,1H3;1H. The maximum Gasteiger partial charge on any atom is 0.336 e. The minimum atomic E-state index is -3.53. The zero-order chi connectivity index (χ0) is 16.4. The fourth-order valence-corrected chi connectivity index (χ4v) is 4.65. The van der Waals surface area contributed by atoms with E-state index in [0.717, 1.165) is 19.4 Å². The van der Waals surface area contributed by atoms with Gasteiger partial charge in [-0.25, -0.2) is 13.2 Å². The average Bonchev–Trinajstić information content (AvgIpc) is 2.55. The van der Waals surface area contributed by atoms with Crippen LogP contribution in [0.3, 0.4) is 0 Å². The van der Waals surface area contributed by atoms with Gasteiger partial charge in [-0.3, -0.25) is 0 Å². The highest BCUT2D eigenvalue weighted by molar-refractivity contribution is 7.89. The Morgan fingerprint density at radius 1 is 1.29 bits per heavy atom. The van der Waals surface area contributed by atoms with Crippen LogP contribution in [-0.2, 0) is 10.0 Å². The highest BCUT2D eigenvalue weighted by Crippen LogP contribution is 2.25. The third kappa shape index (κ3) is 3.80. The number of hydrogen-bond donors (Lipinski definition) is 1. The second-order valence-electron chi connectivity index (χ2n) is 5.88. The quantitative estimate of drug-likeness (QED) is 0.828. The number of benzene rings is 1. The van der Waals surface area contributed by atoms with Gasteiger partial charge < -0.3 is 9.73 Å². The van der Waals surface area contributed by atoms with Gasteiger partial charge in [-0.15, -0.1) is 12.4 Å². The molecule has 1 aliphatic heterocycles. The minimum absolute atomic E-state index is 0. The monoisotopic (exact) mass is 372 g/mol. The van der Waals surface area contributed by atoms with Crippen molar-refractivity contribution in [2.75, 3.05) is 26.7 Å². The molecule has 6 nitrogen and oxygen atoms in total. The Hall–Kier alpha value is -1.41. The molecule has 1 fully saturated rings. The smallest absolute Gasteiger partial charge is 0.336 e. The van der Waals surface area contributed by atoms with Gasteiger partial charge in [0.2, 0.25) is 10.0 Å². The van der Waals surface area contributed by atoms with E-state index in [1.807, 2.05) is 7.05 Å². The predicted molar refractivity (Wildman–Crippen MR) is 95.1 cm³/mol. The van der Waals surface area contributed by atoms with E-state index in [2.05, 4.69) is 5.32 Å². The predicted octanol–water partition coefficient (Wildman–Crippen LogP) is 1.83. The molecule has 0 radical (unpaired) electrons. The molecule has 1 unspecified atom stereocenters. The molecule has 3 rings (SSSR count). The molecule has 2 aromatic rings. The van der Waals surface area contributed by atoms with Crippen LogP contribution in [0.2, 0.25) is 0 Å². The number of fused-ring (bicyclic) bond motifs is 1. The molecular formula is C16H21ClN2O4S. The highest BCUT2D eigenvalue weighted by Gasteiger charge is 2.30. The molecule has 1 atom stereocenters. The number of nitrogens with one attached hydrogen (secondary N) is 1. The first-order valence-corrected chi connectivity index (χ1v) is 9.13. The molecule has 0 amide bonds. The van der Waals surface area contributed by atoms with Crippen molar-refractivity contribution in [2.45, 2.75) is 17.7 Å². The van der Waals surface area contributed by atoms with Crippen LogP contribution in [0.15, 0.2) is 44.4 Å². The van der Waals surface area contributed by atoms with Gasteiger partial charge >= 0.3 is 5.63 Å². The summed E-state index contributed by atoms with van der Waals surface area (Å²) >= 11 is 0. The zero-order valence-electron chi connectivity index (χ0n) is 13.4. The van der Waals surface area contributed by atoms with Gasteiger partial charge in [-0.05, 0) is 56.6 Å². The van der Waals surface area contributed by atoms with Crippen LogP contribution < -0.4 is 10.9 Å². The lowest BCUT2D eigenvalue weighted by atomic mass is 10.00. The number of nitrogens with zero attached hydrogens (tertiary/aromatic N) is 1. The summed E-state index contributed by atoms with van der Waals surface area (Å²) in [7, 11) is -1.65. The fraction of sp³-hybridized carbons (Fsp3) is 0.438. The van der Waals surface area contributed by atoms with Gasteiger partial charge in [-0.2, -0.15) is 4.31 Å². The second kappa shape index (κ2) is 7.65. The number of rotatable bonds is 4. The number of hydrogen-bond acceptors (Lipinski definition) is 5. The van der Waals surface area contributed by atoms with Crippen LogP contribution in [0.4, 0.5) is 0 Å². The van der Waals surface area contributed by atoms with E-state index in [9.17, 15) is 13.2 Å². The molecule has 2 heterocycles. The summed E-state index contributed by atoms with van der Waals surface area (Å²) in [5.74, 6) is 0.335. The molecule has 1 aliphatic rings. The van der Waals surface area contributed by atoms with Crippen LogP contribution in [0.25, 0.3) is 11.0 Å². The maximum absolute atomic E-state index is 12.9. The summed E-state index contributed by atoms with van der Waals surface area (Å²) in [5.41, 5.74) is -0.0535. The Labute approximate surface area is 147 Å². The minimum Gasteiger partial charge on any atom is -0.423 e. The summed E-state index contributed by atoms with van der Waals surface area (Å²) in [6.45, 7) is 1.89. The lowest BCUT2D eigenvalue weighted by Crippen LogP contribution is -2.42. The molecule has 8 heteroatoms. The van der Waals surface area contributed by atoms with Crippen LogP contribution in [0, 0.1) is 5.92 Å². The summed E-state index contributed by atoms with van der Waals surface area (Å²) < 4.78 is 32.3. The van der Waals surface area contributed by atoms with Gasteiger partial charge in [-0.1, -0.05) is 0 Å². The van der Waals surface area contributed by atoms with Crippen molar-refractivity contribution in [3.05, 3.63) is 40.8 Å². The SMILES string of the molecule is CNCC1CCCN(S(=O)(=O)c2ccc3oc(=O)ccc3c2)C1.Cl. The average molecular weight is 373 g/mol. The van der Waals surface area contributed by atoms with Crippen molar-refractivity contribution in [1.29, 1.82) is 0 Å². The third-order valence-electron chi connectivity index (χ3n) is 4.20. The lowest BCUT2D eigenvalue weighted by Gasteiger charge is -2.31. The van der Waals surface area contributed by atoms with Crippen molar-refractivity contribution < 1.29 is 12.8 Å². The topological polar surface area (TPSA) is 79.6 Å². The van der Waals surface area contributed by atoms with E-state index in [0.29, 0.717) is 30.0 Å². The van der Waals surface area contributed by atoms with Crippen molar-refractivity contribution >= 4 is 33.4 Å². The first-order valence-electron chi connectivity index (χ1n) is 7.69. The molecule has 0 bridgehead atoms. The van der Waals surface area contributed by atoms with Gasteiger partial charge in [0.25, 0.3) is 0 Å². The van der Waals surface area contributed by atoms with E-state index in [4.69, 9.17) is 4.42 Å². The van der Waals surface area contributed by atoms with Crippen molar-refractivity contribution in [3.63, 3.8) is 0 Å². The largest absolute Gasteiger partial charge is 0.423 e. The molecular weight excluding hydrogens is 352 g/mol. The maximum atomic E-state index is 12.9. The van der Waals surface area contributed by atoms with Crippen LogP contribution in [-0.4, -0.2) is 39.4 Å². The normalized spacial score (nSPS) is 19.1. The summed E-state index contributed by atoms with van der Waals surface area (Å²) in [5, 5.41) is 3.72. The van der Waals surface area contributed by atoms with Crippen molar-refractivity contribution in [3.8, 4) is 0 Å². The van der Waals surface area contributed by atoms with E-state index in [1.165, 1.54) is 12.1 Å². The molecule has 0 spiro atoms. The highest BCUT2D eigenvalue weighted by atomic mass is 35.5. The molecule has 1 saturated heterocycles. The molecule has 132 valence electrons. The first kappa shape index (κ1) is 18.9. The Bertz CT molecular complexity index is 864.